The van der Waals surface area contributed by atoms with Crippen LogP contribution in [0.25, 0.3) is 11.1 Å². The number of methoxy groups -OCH3 is 1. The number of carboxylic acid groups (broad SMARTS) is 1. The van der Waals surface area contributed by atoms with Crippen molar-refractivity contribution in [3.05, 3.63) is 59.7 Å². The van der Waals surface area contributed by atoms with E-state index in [1.54, 1.807) is 0 Å². The van der Waals surface area contributed by atoms with Crippen LogP contribution >= 0.6 is 0 Å². The van der Waals surface area contributed by atoms with Crippen LogP contribution in [0.5, 0.6) is 0 Å². The second-order valence-electron chi connectivity index (χ2n) is 7.35. The van der Waals surface area contributed by atoms with Gasteiger partial charge in [0.1, 0.15) is 18.8 Å². The third-order valence-corrected chi connectivity index (χ3v) is 5.39. The summed E-state index contributed by atoms with van der Waals surface area (Å²) in [6, 6.07) is 14.6. The second kappa shape index (κ2) is 10.7. The van der Waals surface area contributed by atoms with E-state index >= 15 is 0 Å². The summed E-state index contributed by atoms with van der Waals surface area (Å²) in [4.78, 5) is 35.2. The predicted molar refractivity (Wildman–Crippen MR) is 115 cm³/mol. The Morgan fingerprint density at radius 2 is 1.62 bits per heavy atom. The molecule has 32 heavy (non-hydrogen) atoms. The number of hydrogen-bond donors (Lipinski definition) is 4. The van der Waals surface area contributed by atoms with Crippen LogP contribution < -0.4 is 10.6 Å². The van der Waals surface area contributed by atoms with E-state index in [-0.39, 0.29) is 25.5 Å². The zero-order valence-corrected chi connectivity index (χ0v) is 17.6. The first kappa shape index (κ1) is 23.2. The number of carboxylic acids is 1. The summed E-state index contributed by atoms with van der Waals surface area (Å²) in [5, 5.41) is 22.7. The molecule has 2 atom stereocenters. The van der Waals surface area contributed by atoms with Crippen molar-refractivity contribution in [3.8, 4) is 11.1 Å². The highest BCUT2D eigenvalue weighted by atomic mass is 16.5. The van der Waals surface area contributed by atoms with Crippen molar-refractivity contribution >= 4 is 18.0 Å². The van der Waals surface area contributed by atoms with Crippen LogP contribution in [0.1, 0.15) is 23.5 Å². The Kier molecular flexibility index (Phi) is 7.80. The Labute approximate surface area is 185 Å². The number of alkyl carbamates (subject to hydrolysis) is 1. The van der Waals surface area contributed by atoms with Gasteiger partial charge in [0.2, 0.25) is 5.91 Å². The van der Waals surface area contributed by atoms with Crippen LogP contribution in [0.2, 0.25) is 0 Å². The third-order valence-electron chi connectivity index (χ3n) is 5.39. The van der Waals surface area contributed by atoms with Crippen molar-refractivity contribution in [2.45, 2.75) is 24.5 Å². The minimum Gasteiger partial charge on any atom is -0.480 e. The Morgan fingerprint density at radius 3 is 2.16 bits per heavy atom. The highest BCUT2D eigenvalue weighted by Crippen LogP contribution is 2.44. The van der Waals surface area contributed by atoms with Gasteiger partial charge in [-0.05, 0) is 22.3 Å². The molecule has 9 heteroatoms. The molecule has 1 aliphatic carbocycles. The minimum absolute atomic E-state index is 0.0583. The molecule has 0 aliphatic heterocycles. The van der Waals surface area contributed by atoms with Gasteiger partial charge in [-0.3, -0.25) is 4.79 Å². The number of aliphatic carboxylic acids is 1. The number of aliphatic hydroxyl groups is 1. The van der Waals surface area contributed by atoms with Crippen LogP contribution in [0.4, 0.5) is 4.79 Å². The molecule has 2 aromatic carbocycles. The van der Waals surface area contributed by atoms with Crippen molar-refractivity contribution in [2.24, 2.45) is 0 Å². The molecular weight excluding hydrogens is 416 g/mol. The van der Waals surface area contributed by atoms with Gasteiger partial charge < -0.3 is 30.3 Å². The molecule has 2 amide bonds. The lowest BCUT2D eigenvalue weighted by Crippen LogP contribution is -2.48. The molecule has 0 heterocycles. The largest absolute Gasteiger partial charge is 0.480 e. The molecule has 2 unspecified atom stereocenters. The Hall–Kier alpha value is -3.43. The van der Waals surface area contributed by atoms with Crippen molar-refractivity contribution < 1.29 is 34.1 Å². The van der Waals surface area contributed by atoms with Crippen molar-refractivity contribution in [2.75, 3.05) is 26.9 Å². The van der Waals surface area contributed by atoms with E-state index in [2.05, 4.69) is 22.8 Å². The monoisotopic (exact) mass is 442 g/mol. The van der Waals surface area contributed by atoms with Crippen LogP contribution in [-0.2, 0) is 19.1 Å². The maximum atomic E-state index is 12.2. The molecule has 4 N–H and O–H groups in total. The predicted octanol–water partition coefficient (Wildman–Crippen LogP) is 1.49. The van der Waals surface area contributed by atoms with Crippen LogP contribution in [0, 0.1) is 0 Å². The SMILES string of the molecule is COC(CCNC(=O)OCC1c2ccccc2-c2ccccc21)C(=O)NC(CO)C(=O)O. The van der Waals surface area contributed by atoms with Gasteiger partial charge in [0.05, 0.1) is 6.61 Å². The molecule has 9 nitrogen and oxygen atoms in total. The molecule has 0 radical (unpaired) electrons. The van der Waals surface area contributed by atoms with Gasteiger partial charge in [0, 0.05) is 26.0 Å². The molecular formula is C23H26N2O7. The summed E-state index contributed by atoms with van der Waals surface area (Å²) < 4.78 is 10.5. The van der Waals surface area contributed by atoms with Gasteiger partial charge in [-0.1, -0.05) is 48.5 Å². The van der Waals surface area contributed by atoms with E-state index in [9.17, 15) is 14.4 Å². The molecule has 0 bridgehead atoms. The lowest BCUT2D eigenvalue weighted by molar-refractivity contribution is -0.145. The highest BCUT2D eigenvalue weighted by molar-refractivity contribution is 5.86. The second-order valence-corrected chi connectivity index (χ2v) is 7.35. The Morgan fingerprint density at radius 1 is 1.03 bits per heavy atom. The fourth-order valence-electron chi connectivity index (χ4n) is 3.76. The normalized spacial score (nSPS) is 14.1. The smallest absolute Gasteiger partial charge is 0.407 e. The molecule has 1 aliphatic rings. The van der Waals surface area contributed by atoms with Gasteiger partial charge in [0.25, 0.3) is 0 Å². The molecule has 0 saturated carbocycles. The van der Waals surface area contributed by atoms with Gasteiger partial charge in [-0.2, -0.15) is 0 Å². The molecule has 3 rings (SSSR count). The van der Waals surface area contributed by atoms with Gasteiger partial charge in [0.15, 0.2) is 0 Å². The van der Waals surface area contributed by atoms with Crippen molar-refractivity contribution in [3.63, 3.8) is 0 Å². The summed E-state index contributed by atoms with van der Waals surface area (Å²) in [5.41, 5.74) is 4.48. The number of hydrogen-bond acceptors (Lipinski definition) is 6. The summed E-state index contributed by atoms with van der Waals surface area (Å²) in [7, 11) is 1.30. The zero-order chi connectivity index (χ0) is 23.1. The van der Waals surface area contributed by atoms with Crippen molar-refractivity contribution in [1.29, 1.82) is 0 Å². The maximum Gasteiger partial charge on any atom is 0.407 e. The Bertz CT molecular complexity index is 933. The van der Waals surface area contributed by atoms with Crippen LogP contribution in [-0.4, -0.2) is 67.2 Å². The summed E-state index contributed by atoms with van der Waals surface area (Å²) in [5.74, 6) is -2.10. The van der Waals surface area contributed by atoms with E-state index in [1.807, 2.05) is 36.4 Å². The molecule has 0 fully saturated rings. The van der Waals surface area contributed by atoms with Gasteiger partial charge >= 0.3 is 12.1 Å². The first-order valence-corrected chi connectivity index (χ1v) is 10.2. The average Bonchev–Trinajstić information content (AvgIpc) is 3.12. The summed E-state index contributed by atoms with van der Waals surface area (Å²) in [6.45, 7) is -0.486. The molecule has 0 spiro atoms. The van der Waals surface area contributed by atoms with Gasteiger partial charge in [-0.15, -0.1) is 0 Å². The van der Waals surface area contributed by atoms with E-state index in [0.717, 1.165) is 22.3 Å². The average molecular weight is 442 g/mol. The lowest BCUT2D eigenvalue weighted by Gasteiger charge is -2.18. The van der Waals surface area contributed by atoms with Crippen LogP contribution in [0.3, 0.4) is 0 Å². The zero-order valence-electron chi connectivity index (χ0n) is 17.6. The number of ether oxygens (including phenoxy) is 2. The number of aliphatic hydroxyl groups excluding tert-OH is 1. The summed E-state index contributed by atoms with van der Waals surface area (Å²) in [6.07, 6.45) is -1.51. The quantitative estimate of drug-likeness (QED) is 0.438. The highest BCUT2D eigenvalue weighted by Gasteiger charge is 2.29. The maximum absolute atomic E-state index is 12.2. The van der Waals surface area contributed by atoms with E-state index < -0.39 is 36.7 Å². The Balaban J connectivity index is 1.49. The molecule has 170 valence electrons. The molecule has 0 aromatic heterocycles. The minimum atomic E-state index is -1.42. The number of fused-ring (bicyclic) bond motifs is 3. The standard InChI is InChI=1S/C23H26N2O7/c1-31-20(21(27)25-19(12-26)22(28)29)10-11-24-23(30)32-13-18-16-8-4-2-6-14(16)15-7-3-5-9-17(15)18/h2-9,18-20,26H,10-13H2,1H3,(H,24,30)(H,25,27)(H,28,29). The topological polar surface area (TPSA) is 134 Å². The fraction of sp³-hybridized carbons (Fsp3) is 0.348. The van der Waals surface area contributed by atoms with E-state index in [0.29, 0.717) is 0 Å². The first-order valence-electron chi connectivity index (χ1n) is 10.2. The van der Waals surface area contributed by atoms with E-state index in [4.69, 9.17) is 19.7 Å². The fourth-order valence-corrected chi connectivity index (χ4v) is 3.76. The molecule has 0 saturated heterocycles. The van der Waals surface area contributed by atoms with E-state index in [1.165, 1.54) is 7.11 Å². The molecule has 2 aromatic rings. The lowest BCUT2D eigenvalue weighted by atomic mass is 9.98. The van der Waals surface area contributed by atoms with Gasteiger partial charge in [-0.25, -0.2) is 9.59 Å². The number of benzene rings is 2. The number of carbonyl (C=O) groups is 3. The number of nitrogens with one attached hydrogen (secondary N) is 2. The summed E-state index contributed by atoms with van der Waals surface area (Å²) >= 11 is 0. The number of rotatable bonds is 10. The first-order chi connectivity index (χ1) is 15.5. The van der Waals surface area contributed by atoms with Crippen molar-refractivity contribution in [1.82, 2.24) is 10.6 Å². The number of carbonyl (C=O) groups excluding carboxylic acids is 2. The van der Waals surface area contributed by atoms with Crippen LogP contribution in [0.15, 0.2) is 48.5 Å². The third kappa shape index (κ3) is 5.24. The number of amides is 2.